The maximum Gasteiger partial charge on any atom is 0.336 e. The number of hydrogen-bond acceptors (Lipinski definition) is 7. The van der Waals surface area contributed by atoms with Gasteiger partial charge in [-0.15, -0.1) is 0 Å². The Hall–Kier alpha value is -4.61. The van der Waals surface area contributed by atoms with Crippen molar-refractivity contribution in [2.45, 2.75) is 10.5 Å². The van der Waals surface area contributed by atoms with E-state index in [1.54, 1.807) is 66.7 Å². The van der Waals surface area contributed by atoms with Crippen molar-refractivity contribution in [1.29, 1.82) is 0 Å². The third-order valence-electron chi connectivity index (χ3n) is 7.29. The number of esters is 2. The van der Waals surface area contributed by atoms with E-state index in [0.717, 1.165) is 11.1 Å². The van der Waals surface area contributed by atoms with E-state index in [4.69, 9.17) is 13.7 Å². The highest BCUT2D eigenvalue weighted by molar-refractivity contribution is 9.11. The van der Waals surface area contributed by atoms with Gasteiger partial charge < -0.3 is 9.47 Å². The molecule has 0 fully saturated rings. The van der Waals surface area contributed by atoms with E-state index in [-0.39, 0.29) is 16.4 Å². The summed E-state index contributed by atoms with van der Waals surface area (Å²) in [5.74, 6) is -0.718. The lowest BCUT2D eigenvalue weighted by molar-refractivity contribution is -0.129. The van der Waals surface area contributed by atoms with Crippen molar-refractivity contribution in [2.75, 3.05) is 0 Å². The Balaban J connectivity index is 1.34. The first kappa shape index (κ1) is 32.3. The monoisotopic (exact) mass is 770 g/mol. The summed E-state index contributed by atoms with van der Waals surface area (Å²) in [5.41, 5.74) is 1.35. The quantitative estimate of drug-likeness (QED) is 0.0676. The third kappa shape index (κ3) is 6.91. The highest BCUT2D eigenvalue weighted by atomic mass is 79.9. The molecular formula is C37H24Br2O7S. The predicted octanol–water partition coefficient (Wildman–Crippen LogP) is 8.46. The van der Waals surface area contributed by atoms with Gasteiger partial charge in [0.25, 0.3) is 10.1 Å². The summed E-state index contributed by atoms with van der Waals surface area (Å²) in [6.07, 6.45) is 5.94. The lowest BCUT2D eigenvalue weighted by Crippen LogP contribution is -2.29. The highest BCUT2D eigenvalue weighted by Gasteiger charge is 2.51. The van der Waals surface area contributed by atoms with E-state index >= 15 is 0 Å². The number of fused-ring (bicyclic) bond motifs is 1. The number of carbonyl (C=O) groups is 2. The van der Waals surface area contributed by atoms with Crippen molar-refractivity contribution in [3.05, 3.63) is 170 Å². The summed E-state index contributed by atoms with van der Waals surface area (Å²) >= 11 is 6.98. The molecule has 0 atom stereocenters. The molecule has 6 rings (SSSR count). The van der Waals surface area contributed by atoms with E-state index < -0.39 is 27.7 Å². The molecule has 0 bridgehead atoms. The van der Waals surface area contributed by atoms with Crippen molar-refractivity contribution >= 4 is 66.1 Å². The summed E-state index contributed by atoms with van der Waals surface area (Å²) in [4.78, 5) is 25.2. The maximum atomic E-state index is 13.4. The molecule has 1 aliphatic rings. The van der Waals surface area contributed by atoms with Gasteiger partial charge in [0.2, 0.25) is 0 Å². The second-order valence-electron chi connectivity index (χ2n) is 10.3. The molecule has 0 aliphatic carbocycles. The molecule has 0 unspecified atom stereocenters. The van der Waals surface area contributed by atoms with Crippen LogP contribution in [0, 0.1) is 0 Å². The largest absolute Gasteiger partial charge is 0.422 e. The number of carbonyl (C=O) groups excluding carboxylic acids is 2. The van der Waals surface area contributed by atoms with Crippen molar-refractivity contribution in [3.8, 4) is 11.5 Å². The van der Waals surface area contributed by atoms with Crippen LogP contribution < -0.4 is 9.47 Å². The Morgan fingerprint density at radius 2 is 1.06 bits per heavy atom. The van der Waals surface area contributed by atoms with E-state index in [0.29, 0.717) is 25.6 Å². The second kappa shape index (κ2) is 13.6. The summed E-state index contributed by atoms with van der Waals surface area (Å²) in [6, 6.07) is 34.9. The molecule has 0 saturated heterocycles. The van der Waals surface area contributed by atoms with Crippen LogP contribution in [0.5, 0.6) is 11.5 Å². The van der Waals surface area contributed by atoms with Crippen LogP contribution in [0.4, 0.5) is 0 Å². The summed E-state index contributed by atoms with van der Waals surface area (Å²) < 4.78 is 44.7. The van der Waals surface area contributed by atoms with Crippen LogP contribution in [0.1, 0.15) is 27.8 Å². The predicted molar refractivity (Wildman–Crippen MR) is 185 cm³/mol. The first-order chi connectivity index (χ1) is 22.7. The minimum absolute atomic E-state index is 0.0235. The summed E-state index contributed by atoms with van der Waals surface area (Å²) in [5, 5.41) is 0. The van der Waals surface area contributed by atoms with Gasteiger partial charge in [-0.05, 0) is 96.6 Å². The van der Waals surface area contributed by atoms with Crippen LogP contribution in [0.15, 0.2) is 147 Å². The number of benzene rings is 5. The van der Waals surface area contributed by atoms with Gasteiger partial charge in [0.05, 0.1) is 8.95 Å². The fraction of sp³-hybridized carbons (Fsp3) is 0.0270. The van der Waals surface area contributed by atoms with Gasteiger partial charge in [0.1, 0.15) is 16.4 Å². The smallest absolute Gasteiger partial charge is 0.336 e. The Labute approximate surface area is 288 Å². The zero-order chi connectivity index (χ0) is 33.0. The number of hydrogen-bond donors (Lipinski definition) is 0. The minimum Gasteiger partial charge on any atom is -0.422 e. The van der Waals surface area contributed by atoms with E-state index in [2.05, 4.69) is 31.9 Å². The van der Waals surface area contributed by atoms with Crippen LogP contribution in [-0.2, 0) is 29.5 Å². The van der Waals surface area contributed by atoms with Crippen molar-refractivity contribution in [3.63, 3.8) is 0 Å². The molecule has 0 amide bonds. The van der Waals surface area contributed by atoms with Crippen molar-refractivity contribution in [1.82, 2.24) is 0 Å². The molecule has 0 N–H and O–H groups in total. The Kier molecular flexibility index (Phi) is 9.38. The maximum absolute atomic E-state index is 13.4. The molecule has 5 aromatic carbocycles. The van der Waals surface area contributed by atoms with Crippen LogP contribution in [0.3, 0.4) is 0 Å². The molecule has 1 heterocycles. The standard InChI is InChI=1S/C37H24Br2O7S/c38-30-23-27(17-19-32(30)44-35(40)21-15-25-9-3-1-4-10-25)37(29-13-7-8-14-34(29)47(42,43)46-37)28-18-20-33(31(39)24-28)45-36(41)22-16-26-11-5-2-6-12-26/h1-24H/b21-15+,22-16+. The zero-order valence-electron chi connectivity index (χ0n) is 24.4. The average molecular weight is 772 g/mol. The lowest BCUT2D eigenvalue weighted by Gasteiger charge is -2.30. The van der Waals surface area contributed by atoms with Gasteiger partial charge in [-0.2, -0.15) is 8.42 Å². The highest BCUT2D eigenvalue weighted by Crippen LogP contribution is 2.52. The molecule has 47 heavy (non-hydrogen) atoms. The molecule has 0 aromatic heterocycles. The molecule has 7 nitrogen and oxygen atoms in total. The third-order valence-corrected chi connectivity index (χ3v) is 9.89. The molecule has 10 heteroatoms. The first-order valence-corrected chi connectivity index (χ1v) is 17.2. The van der Waals surface area contributed by atoms with Crippen LogP contribution in [0.25, 0.3) is 12.2 Å². The summed E-state index contributed by atoms with van der Waals surface area (Å²) in [7, 11) is -4.18. The Bertz CT molecular complexity index is 2030. The average Bonchev–Trinajstić information content (AvgIpc) is 3.33. The Morgan fingerprint density at radius 1 is 0.617 bits per heavy atom. The molecule has 0 saturated carbocycles. The second-order valence-corrected chi connectivity index (χ2v) is 13.6. The first-order valence-electron chi connectivity index (χ1n) is 14.2. The van der Waals surface area contributed by atoms with Crippen LogP contribution in [0.2, 0.25) is 0 Å². The number of rotatable bonds is 8. The molecule has 1 aliphatic heterocycles. The molecule has 0 spiro atoms. The lowest BCUT2D eigenvalue weighted by atomic mass is 9.80. The molecule has 5 aromatic rings. The SMILES string of the molecule is O=C(/C=C/c1ccccc1)Oc1ccc(C2(c3ccc(OC(=O)/C=C/c4ccccc4)c(Br)c3)OS(=O)(=O)c3ccccc32)cc1Br. The molecule has 0 radical (unpaired) electrons. The van der Waals surface area contributed by atoms with Gasteiger partial charge in [0.15, 0.2) is 5.60 Å². The van der Waals surface area contributed by atoms with Gasteiger partial charge in [-0.1, -0.05) is 91.0 Å². The van der Waals surface area contributed by atoms with E-state index in [1.165, 1.54) is 18.2 Å². The van der Waals surface area contributed by atoms with Crippen molar-refractivity contribution < 1.29 is 31.7 Å². The molecular weight excluding hydrogens is 748 g/mol. The van der Waals surface area contributed by atoms with Crippen molar-refractivity contribution in [2.24, 2.45) is 0 Å². The normalized spacial score (nSPS) is 14.6. The van der Waals surface area contributed by atoms with Gasteiger partial charge in [0, 0.05) is 17.7 Å². The van der Waals surface area contributed by atoms with E-state index in [9.17, 15) is 18.0 Å². The van der Waals surface area contributed by atoms with Gasteiger partial charge in [-0.3, -0.25) is 0 Å². The fourth-order valence-corrected chi connectivity index (χ4v) is 7.50. The van der Waals surface area contributed by atoms with Crippen LogP contribution in [-0.4, -0.2) is 20.4 Å². The van der Waals surface area contributed by atoms with Gasteiger partial charge >= 0.3 is 11.9 Å². The number of halogens is 2. The van der Waals surface area contributed by atoms with Crippen LogP contribution >= 0.6 is 31.9 Å². The molecule has 234 valence electrons. The fourth-order valence-electron chi connectivity index (χ4n) is 5.15. The topological polar surface area (TPSA) is 96.0 Å². The summed E-state index contributed by atoms with van der Waals surface area (Å²) in [6.45, 7) is 0. The Morgan fingerprint density at radius 3 is 1.53 bits per heavy atom. The minimum atomic E-state index is -4.18. The number of ether oxygens (including phenoxy) is 2. The zero-order valence-corrected chi connectivity index (χ0v) is 28.4. The van der Waals surface area contributed by atoms with Gasteiger partial charge in [-0.25, -0.2) is 13.8 Å². The van der Waals surface area contributed by atoms with E-state index in [1.807, 2.05) is 60.7 Å².